The minimum Gasteiger partial charge on any atom is -0.493 e. The standard InChI is InChI=1S/C38H40ClFN4O4/c1-24-29(5-3-8-35(24)46-14-4-11-44-12-9-28(45)10-13-44)30-6-2-7-31-32(30)17-34(40)38(31)48-37-18-36(27(20-42)16-33(37)39)47-23-26-15-25(19-41)21-43-22-26/h2-3,5-8,15-16,18,21-22,28,34,38,45H,4,9-14,17,20,23,42H2,1H3/t34-,38+/m0/s1. The van der Waals surface area contributed by atoms with Crippen LogP contribution in [0.3, 0.4) is 0 Å². The zero-order valence-corrected chi connectivity index (χ0v) is 27.8. The molecule has 10 heteroatoms. The quantitative estimate of drug-likeness (QED) is 0.157. The average molecular weight is 671 g/mol. The Morgan fingerprint density at radius 3 is 2.62 bits per heavy atom. The maximum Gasteiger partial charge on any atom is 0.155 e. The van der Waals surface area contributed by atoms with Crippen LogP contribution >= 0.6 is 11.6 Å². The molecule has 2 heterocycles. The van der Waals surface area contributed by atoms with E-state index in [9.17, 15) is 10.4 Å². The molecule has 8 nitrogen and oxygen atoms in total. The summed E-state index contributed by atoms with van der Waals surface area (Å²) in [4.78, 5) is 6.46. The molecule has 0 saturated carbocycles. The number of ether oxygens (including phenoxy) is 3. The highest BCUT2D eigenvalue weighted by molar-refractivity contribution is 6.32. The number of fused-ring (bicyclic) bond motifs is 1. The molecule has 1 fully saturated rings. The minimum absolute atomic E-state index is 0.156. The van der Waals surface area contributed by atoms with Gasteiger partial charge in [0.15, 0.2) is 6.10 Å². The van der Waals surface area contributed by atoms with Gasteiger partial charge in [-0.05, 0) is 72.2 Å². The highest BCUT2D eigenvalue weighted by Gasteiger charge is 2.37. The Morgan fingerprint density at radius 2 is 1.83 bits per heavy atom. The number of likely N-dealkylation sites (tertiary alicyclic amines) is 1. The number of hydrogen-bond acceptors (Lipinski definition) is 8. The van der Waals surface area contributed by atoms with Crippen molar-refractivity contribution < 1.29 is 23.7 Å². The molecule has 4 aromatic rings. The number of nitriles is 1. The van der Waals surface area contributed by atoms with Crippen LogP contribution in [0.5, 0.6) is 17.2 Å². The maximum absolute atomic E-state index is 15.8. The molecule has 6 rings (SSSR count). The van der Waals surface area contributed by atoms with E-state index in [1.807, 2.05) is 43.3 Å². The van der Waals surface area contributed by atoms with Gasteiger partial charge in [0.25, 0.3) is 0 Å². The molecular formula is C38H40ClFN4O4. The van der Waals surface area contributed by atoms with Gasteiger partial charge in [-0.25, -0.2) is 4.39 Å². The van der Waals surface area contributed by atoms with Gasteiger partial charge in [-0.15, -0.1) is 0 Å². The molecule has 1 aliphatic heterocycles. The summed E-state index contributed by atoms with van der Waals surface area (Å²) in [6.07, 6.45) is 3.56. The van der Waals surface area contributed by atoms with E-state index < -0.39 is 12.3 Å². The number of alkyl halides is 1. The molecule has 0 radical (unpaired) electrons. The molecule has 1 saturated heterocycles. The summed E-state index contributed by atoms with van der Waals surface area (Å²) < 4.78 is 34.4. The van der Waals surface area contributed by atoms with Gasteiger partial charge in [0, 0.05) is 62.2 Å². The predicted octanol–water partition coefficient (Wildman–Crippen LogP) is 6.86. The summed E-state index contributed by atoms with van der Waals surface area (Å²) in [7, 11) is 0. The molecule has 0 unspecified atom stereocenters. The largest absolute Gasteiger partial charge is 0.493 e. The Bertz CT molecular complexity index is 1790. The van der Waals surface area contributed by atoms with Gasteiger partial charge in [-0.3, -0.25) is 4.98 Å². The predicted molar refractivity (Wildman–Crippen MR) is 183 cm³/mol. The van der Waals surface area contributed by atoms with E-state index >= 15 is 4.39 Å². The van der Waals surface area contributed by atoms with Gasteiger partial charge in [-0.2, -0.15) is 5.26 Å². The number of halogens is 2. The first-order chi connectivity index (χ1) is 23.3. The third-order valence-electron chi connectivity index (χ3n) is 9.16. The van der Waals surface area contributed by atoms with Gasteiger partial charge < -0.3 is 30.0 Å². The third kappa shape index (κ3) is 7.58. The number of pyridine rings is 1. The number of aliphatic hydroxyl groups is 1. The first-order valence-corrected chi connectivity index (χ1v) is 16.8. The summed E-state index contributed by atoms with van der Waals surface area (Å²) in [6, 6.07) is 19.0. The third-order valence-corrected chi connectivity index (χ3v) is 9.46. The molecule has 2 aliphatic rings. The fourth-order valence-electron chi connectivity index (χ4n) is 6.55. The number of nitrogens with two attached hydrogens (primary N) is 1. The number of hydrogen-bond donors (Lipinski definition) is 2. The Labute approximate surface area is 285 Å². The van der Waals surface area contributed by atoms with Gasteiger partial charge in [-0.1, -0.05) is 41.9 Å². The molecule has 250 valence electrons. The lowest BCUT2D eigenvalue weighted by Crippen LogP contribution is -2.36. The second-order valence-corrected chi connectivity index (χ2v) is 12.8. The van der Waals surface area contributed by atoms with Gasteiger partial charge >= 0.3 is 0 Å². The fraction of sp³-hybridized carbons (Fsp3) is 0.368. The highest BCUT2D eigenvalue weighted by Crippen LogP contribution is 2.45. The van der Waals surface area contributed by atoms with Crippen molar-refractivity contribution in [2.45, 2.75) is 64.1 Å². The number of aliphatic hydroxyl groups excluding tert-OH is 1. The molecule has 0 spiro atoms. The van der Waals surface area contributed by atoms with Crippen molar-refractivity contribution in [2.24, 2.45) is 5.73 Å². The van der Waals surface area contributed by atoms with Crippen molar-refractivity contribution in [1.29, 1.82) is 5.26 Å². The molecule has 2 atom stereocenters. The Hall–Kier alpha value is -4.20. The summed E-state index contributed by atoms with van der Waals surface area (Å²) in [5.41, 5.74) is 12.4. The molecule has 3 aromatic carbocycles. The van der Waals surface area contributed by atoms with Gasteiger partial charge in [0.05, 0.1) is 23.3 Å². The second-order valence-electron chi connectivity index (χ2n) is 12.4. The Balaban J connectivity index is 1.18. The smallest absolute Gasteiger partial charge is 0.155 e. The second kappa shape index (κ2) is 15.3. The van der Waals surface area contributed by atoms with Crippen LogP contribution in [0.2, 0.25) is 5.02 Å². The Morgan fingerprint density at radius 1 is 1.04 bits per heavy atom. The topological polar surface area (TPSA) is 114 Å². The lowest BCUT2D eigenvalue weighted by Gasteiger charge is -2.29. The normalized spacial score (nSPS) is 17.9. The summed E-state index contributed by atoms with van der Waals surface area (Å²) >= 11 is 6.63. The van der Waals surface area contributed by atoms with Gasteiger partial charge in [0.1, 0.15) is 36.1 Å². The van der Waals surface area contributed by atoms with Crippen LogP contribution < -0.4 is 19.9 Å². The first kappa shape index (κ1) is 33.7. The van der Waals surface area contributed by atoms with Crippen molar-refractivity contribution in [1.82, 2.24) is 9.88 Å². The van der Waals surface area contributed by atoms with E-state index in [4.69, 9.17) is 31.5 Å². The molecular weight excluding hydrogens is 631 g/mol. The van der Waals surface area contributed by atoms with E-state index in [2.05, 4.69) is 16.0 Å². The van der Waals surface area contributed by atoms with Crippen molar-refractivity contribution in [2.75, 3.05) is 26.2 Å². The summed E-state index contributed by atoms with van der Waals surface area (Å²) in [5.74, 6) is 1.57. The summed E-state index contributed by atoms with van der Waals surface area (Å²) in [5, 5.41) is 19.3. The van der Waals surface area contributed by atoms with Crippen LogP contribution in [0, 0.1) is 18.3 Å². The molecule has 0 amide bonds. The van der Waals surface area contributed by atoms with Crippen molar-refractivity contribution in [3.63, 3.8) is 0 Å². The summed E-state index contributed by atoms with van der Waals surface area (Å²) in [6.45, 7) is 5.76. The van der Waals surface area contributed by atoms with E-state index in [0.717, 1.165) is 78.0 Å². The number of benzene rings is 3. The first-order valence-electron chi connectivity index (χ1n) is 16.4. The zero-order valence-electron chi connectivity index (χ0n) is 27.0. The zero-order chi connectivity index (χ0) is 33.6. The molecule has 1 aromatic heterocycles. The fourth-order valence-corrected chi connectivity index (χ4v) is 6.78. The lowest BCUT2D eigenvalue weighted by atomic mass is 9.93. The average Bonchev–Trinajstić information content (AvgIpc) is 3.42. The number of aromatic nitrogens is 1. The van der Waals surface area contributed by atoms with Crippen LogP contribution in [0.25, 0.3) is 11.1 Å². The van der Waals surface area contributed by atoms with Crippen LogP contribution in [0.1, 0.15) is 58.7 Å². The Kier molecular flexibility index (Phi) is 10.8. The van der Waals surface area contributed by atoms with Crippen LogP contribution in [0.15, 0.2) is 67.0 Å². The minimum atomic E-state index is -1.29. The van der Waals surface area contributed by atoms with Crippen molar-refractivity contribution in [3.8, 4) is 34.4 Å². The molecule has 0 bridgehead atoms. The van der Waals surface area contributed by atoms with E-state index in [-0.39, 0.29) is 25.7 Å². The maximum atomic E-state index is 15.8. The SMILES string of the molecule is Cc1c(OCCCN2CCC(O)CC2)cccc1-c1cccc2c1C[C@H](F)[C@@H]2Oc1cc(OCc2cncc(C#N)c2)c(CN)cc1Cl. The number of nitrogens with zero attached hydrogens (tertiary/aromatic N) is 3. The van der Waals surface area contributed by atoms with Crippen molar-refractivity contribution in [3.05, 3.63) is 105 Å². The number of piperidine rings is 1. The van der Waals surface area contributed by atoms with Gasteiger partial charge in [0.2, 0.25) is 0 Å². The van der Waals surface area contributed by atoms with E-state index in [1.165, 1.54) is 6.20 Å². The molecule has 48 heavy (non-hydrogen) atoms. The van der Waals surface area contributed by atoms with E-state index in [1.54, 1.807) is 24.4 Å². The van der Waals surface area contributed by atoms with Crippen LogP contribution in [-0.2, 0) is 19.6 Å². The van der Waals surface area contributed by atoms with E-state index in [0.29, 0.717) is 34.3 Å². The molecule has 3 N–H and O–H groups in total. The molecule has 1 aliphatic carbocycles. The van der Waals surface area contributed by atoms with Crippen molar-refractivity contribution >= 4 is 11.6 Å². The monoisotopic (exact) mass is 670 g/mol. The van der Waals surface area contributed by atoms with Crippen LogP contribution in [-0.4, -0.2) is 53.5 Å². The highest BCUT2D eigenvalue weighted by atomic mass is 35.5. The lowest BCUT2D eigenvalue weighted by molar-refractivity contribution is 0.0800. The number of rotatable bonds is 12. The van der Waals surface area contributed by atoms with Crippen LogP contribution in [0.4, 0.5) is 4.39 Å².